The number of rotatable bonds is 7. The van der Waals surface area contributed by atoms with Gasteiger partial charge in [0.15, 0.2) is 0 Å². The molecule has 3 nitrogen and oxygen atoms in total. The van der Waals surface area contributed by atoms with Crippen LogP contribution in [0.25, 0.3) is 0 Å². The number of methoxy groups -OCH3 is 2. The van der Waals surface area contributed by atoms with Crippen molar-refractivity contribution in [2.45, 2.75) is 13.0 Å². The maximum absolute atomic E-state index is 5.85. The largest absolute Gasteiger partial charge is 0.496 e. The van der Waals surface area contributed by atoms with Crippen molar-refractivity contribution in [1.29, 1.82) is 0 Å². The van der Waals surface area contributed by atoms with Gasteiger partial charge in [-0.15, -0.1) is 0 Å². The van der Waals surface area contributed by atoms with Gasteiger partial charge in [-0.25, -0.2) is 0 Å². The van der Waals surface area contributed by atoms with Crippen molar-refractivity contribution in [2.75, 3.05) is 14.2 Å². The van der Waals surface area contributed by atoms with Gasteiger partial charge in [0, 0.05) is 16.5 Å². The van der Waals surface area contributed by atoms with E-state index in [1.807, 2.05) is 42.5 Å². The normalized spacial score (nSPS) is 10.4. The van der Waals surface area contributed by atoms with Gasteiger partial charge in [-0.05, 0) is 35.4 Å². The average Bonchev–Trinajstić information content (AvgIpc) is 2.69. The van der Waals surface area contributed by atoms with E-state index in [4.69, 9.17) is 14.2 Å². The lowest BCUT2D eigenvalue weighted by Crippen LogP contribution is -1.99. The Hall–Kier alpha value is -2.46. The zero-order chi connectivity index (χ0) is 18.4. The molecule has 3 aromatic rings. The topological polar surface area (TPSA) is 27.7 Å². The summed E-state index contributed by atoms with van der Waals surface area (Å²) in [5, 5.41) is 0. The molecule has 0 N–H and O–H groups in total. The first kappa shape index (κ1) is 18.3. The summed E-state index contributed by atoms with van der Waals surface area (Å²) in [4.78, 5) is 0. The lowest BCUT2D eigenvalue weighted by Gasteiger charge is -2.14. The summed E-state index contributed by atoms with van der Waals surface area (Å²) in [6.45, 7) is 0.564. The molecule has 0 saturated carbocycles. The van der Waals surface area contributed by atoms with Crippen LogP contribution in [-0.2, 0) is 13.0 Å². The van der Waals surface area contributed by atoms with Crippen LogP contribution in [0.4, 0.5) is 0 Å². The van der Waals surface area contributed by atoms with E-state index in [2.05, 4.69) is 40.2 Å². The smallest absolute Gasteiger partial charge is 0.127 e. The molecular formula is C22H21BrO3. The number of hydrogen-bond acceptors (Lipinski definition) is 3. The predicted octanol–water partition coefficient (Wildman–Crippen LogP) is 5.64. The van der Waals surface area contributed by atoms with Crippen molar-refractivity contribution in [1.82, 2.24) is 0 Å². The maximum Gasteiger partial charge on any atom is 0.127 e. The van der Waals surface area contributed by atoms with Gasteiger partial charge in [0.1, 0.15) is 23.9 Å². The molecule has 0 aliphatic rings. The summed E-state index contributed by atoms with van der Waals surface area (Å²) in [5.74, 6) is 2.47. The maximum atomic E-state index is 5.85. The molecule has 0 saturated heterocycles. The molecule has 3 rings (SSSR count). The highest BCUT2D eigenvalue weighted by Gasteiger charge is 2.12. The molecule has 4 heteroatoms. The lowest BCUT2D eigenvalue weighted by atomic mass is 10.0. The Labute approximate surface area is 162 Å². The fraction of sp³-hybridized carbons (Fsp3) is 0.182. The quantitative estimate of drug-likeness (QED) is 0.502. The summed E-state index contributed by atoms with van der Waals surface area (Å²) in [6, 6.07) is 22.2. The Morgan fingerprint density at radius 3 is 1.96 bits per heavy atom. The minimum Gasteiger partial charge on any atom is -0.496 e. The molecule has 0 atom stereocenters. The first-order valence-electron chi connectivity index (χ1n) is 8.35. The highest BCUT2D eigenvalue weighted by molar-refractivity contribution is 9.10. The van der Waals surface area contributed by atoms with E-state index >= 15 is 0 Å². The van der Waals surface area contributed by atoms with Crippen LogP contribution >= 0.6 is 15.9 Å². The minimum atomic E-state index is 0.564. The Morgan fingerprint density at radius 1 is 0.769 bits per heavy atom. The highest BCUT2D eigenvalue weighted by atomic mass is 79.9. The third-order valence-electron chi connectivity index (χ3n) is 4.13. The van der Waals surface area contributed by atoms with E-state index in [1.54, 1.807) is 14.2 Å². The Bertz CT molecular complexity index is 820. The van der Waals surface area contributed by atoms with E-state index in [0.717, 1.165) is 44.8 Å². The summed E-state index contributed by atoms with van der Waals surface area (Å²) in [5.41, 5.74) is 3.34. The van der Waals surface area contributed by atoms with Gasteiger partial charge < -0.3 is 14.2 Å². The number of ether oxygens (including phenoxy) is 3. The zero-order valence-electron chi connectivity index (χ0n) is 14.9. The molecular weight excluding hydrogens is 392 g/mol. The van der Waals surface area contributed by atoms with Crippen molar-refractivity contribution in [3.63, 3.8) is 0 Å². The second-order valence-electron chi connectivity index (χ2n) is 5.88. The van der Waals surface area contributed by atoms with Gasteiger partial charge in [-0.3, -0.25) is 0 Å². The van der Waals surface area contributed by atoms with Gasteiger partial charge in [0.2, 0.25) is 0 Å². The van der Waals surface area contributed by atoms with Gasteiger partial charge in [-0.1, -0.05) is 58.4 Å². The molecule has 3 aromatic carbocycles. The van der Waals surface area contributed by atoms with Gasteiger partial charge in [-0.2, -0.15) is 0 Å². The van der Waals surface area contributed by atoms with Crippen molar-refractivity contribution in [3.8, 4) is 17.2 Å². The summed E-state index contributed by atoms with van der Waals surface area (Å²) < 4.78 is 17.8. The van der Waals surface area contributed by atoms with Gasteiger partial charge >= 0.3 is 0 Å². The van der Waals surface area contributed by atoms with Gasteiger partial charge in [0.05, 0.1) is 14.2 Å². The van der Waals surface area contributed by atoms with Crippen molar-refractivity contribution < 1.29 is 14.2 Å². The Balaban J connectivity index is 1.72. The van der Waals surface area contributed by atoms with Crippen LogP contribution < -0.4 is 14.2 Å². The number of hydrogen-bond donors (Lipinski definition) is 0. The number of benzene rings is 3. The molecule has 0 amide bonds. The van der Waals surface area contributed by atoms with E-state index in [-0.39, 0.29) is 0 Å². The minimum absolute atomic E-state index is 0.564. The van der Waals surface area contributed by atoms with Crippen molar-refractivity contribution in [2.24, 2.45) is 0 Å². The van der Waals surface area contributed by atoms with Crippen LogP contribution in [0, 0.1) is 0 Å². The van der Waals surface area contributed by atoms with Crippen LogP contribution in [0.3, 0.4) is 0 Å². The second-order valence-corrected chi connectivity index (χ2v) is 6.80. The fourth-order valence-corrected chi connectivity index (χ4v) is 3.19. The predicted molar refractivity (Wildman–Crippen MR) is 107 cm³/mol. The third kappa shape index (κ3) is 4.58. The molecule has 0 fully saturated rings. The van der Waals surface area contributed by atoms with E-state index < -0.39 is 0 Å². The Morgan fingerprint density at radius 2 is 1.38 bits per heavy atom. The van der Waals surface area contributed by atoms with Crippen LogP contribution in [0.1, 0.15) is 16.7 Å². The van der Waals surface area contributed by atoms with Crippen LogP contribution in [-0.4, -0.2) is 14.2 Å². The Kier molecular flexibility index (Phi) is 6.18. The lowest BCUT2D eigenvalue weighted by molar-refractivity contribution is 0.306. The van der Waals surface area contributed by atoms with Crippen LogP contribution in [0.15, 0.2) is 71.2 Å². The average molecular weight is 413 g/mol. The monoisotopic (exact) mass is 412 g/mol. The van der Waals surface area contributed by atoms with Gasteiger partial charge in [0.25, 0.3) is 0 Å². The third-order valence-corrected chi connectivity index (χ3v) is 4.58. The summed E-state index contributed by atoms with van der Waals surface area (Å²) in [7, 11) is 3.34. The molecule has 0 aliphatic carbocycles. The molecule has 0 aliphatic heterocycles. The molecule has 26 heavy (non-hydrogen) atoms. The molecule has 0 unspecified atom stereocenters. The van der Waals surface area contributed by atoms with Crippen LogP contribution in [0.2, 0.25) is 0 Å². The molecule has 134 valence electrons. The molecule has 0 bridgehead atoms. The van der Waals surface area contributed by atoms with E-state index in [0.29, 0.717) is 6.61 Å². The number of halogens is 1. The molecule has 0 radical (unpaired) electrons. The molecule has 0 aromatic heterocycles. The second kappa shape index (κ2) is 8.77. The van der Waals surface area contributed by atoms with E-state index in [9.17, 15) is 0 Å². The summed E-state index contributed by atoms with van der Waals surface area (Å²) in [6.07, 6.45) is 0.721. The molecule has 0 spiro atoms. The van der Waals surface area contributed by atoms with E-state index in [1.165, 1.54) is 0 Å². The first-order valence-corrected chi connectivity index (χ1v) is 9.15. The summed E-state index contributed by atoms with van der Waals surface area (Å²) >= 11 is 3.48. The zero-order valence-corrected chi connectivity index (χ0v) is 16.5. The SMILES string of the molecule is COc1cc(Br)cc(OC)c1Cc1ccc(OCc2ccccc2)cc1. The van der Waals surface area contributed by atoms with Crippen LogP contribution in [0.5, 0.6) is 17.2 Å². The fourth-order valence-electron chi connectivity index (χ4n) is 2.77. The first-order chi connectivity index (χ1) is 12.7. The highest BCUT2D eigenvalue weighted by Crippen LogP contribution is 2.34. The van der Waals surface area contributed by atoms with Crippen molar-refractivity contribution in [3.05, 3.63) is 87.9 Å². The van der Waals surface area contributed by atoms with Crippen molar-refractivity contribution >= 4 is 15.9 Å². The standard InChI is InChI=1S/C22H21BrO3/c1-24-21-13-18(23)14-22(25-2)20(21)12-16-8-10-19(11-9-16)26-15-17-6-4-3-5-7-17/h3-11,13-14H,12,15H2,1-2H3. The molecule has 0 heterocycles.